The van der Waals surface area contributed by atoms with Crippen LogP contribution in [-0.2, 0) is 10.2 Å². The molecule has 1 unspecified atom stereocenters. The number of carboxylic acid groups (broad SMARTS) is 1. The van der Waals surface area contributed by atoms with Crippen LogP contribution in [0.2, 0.25) is 5.02 Å². The molecule has 0 heterocycles. The van der Waals surface area contributed by atoms with Gasteiger partial charge in [0.25, 0.3) is 0 Å². The minimum absolute atomic E-state index is 0.0190. The zero-order chi connectivity index (χ0) is 18.5. The summed E-state index contributed by atoms with van der Waals surface area (Å²) in [4.78, 5) is 11.3. The Bertz CT molecular complexity index is 558. The van der Waals surface area contributed by atoms with Crippen LogP contribution in [0.1, 0.15) is 72.8 Å². The van der Waals surface area contributed by atoms with Gasteiger partial charge in [0.1, 0.15) is 5.75 Å². The molecule has 0 saturated carbocycles. The van der Waals surface area contributed by atoms with Gasteiger partial charge in [0.15, 0.2) is 6.10 Å². The van der Waals surface area contributed by atoms with Crippen LogP contribution in [-0.4, -0.2) is 17.2 Å². The lowest BCUT2D eigenvalue weighted by atomic mass is 9.72. The first kappa shape index (κ1) is 20.8. The second-order valence-electron chi connectivity index (χ2n) is 8.35. The molecule has 1 atom stereocenters. The smallest absolute Gasteiger partial charge is 0.344 e. The van der Waals surface area contributed by atoms with Crippen molar-refractivity contribution in [1.82, 2.24) is 0 Å². The normalized spacial score (nSPS) is 13.6. The maximum atomic E-state index is 11.3. The van der Waals surface area contributed by atoms with E-state index >= 15 is 0 Å². The molecule has 0 radical (unpaired) electrons. The minimum atomic E-state index is -0.948. The fraction of sp³-hybridized carbons (Fsp3) is 0.650. The van der Waals surface area contributed by atoms with Gasteiger partial charge in [0, 0.05) is 0 Å². The van der Waals surface area contributed by atoms with E-state index in [1.54, 1.807) is 6.07 Å². The number of halogens is 1. The monoisotopic (exact) mass is 354 g/mol. The summed E-state index contributed by atoms with van der Waals surface area (Å²) < 4.78 is 5.65. The van der Waals surface area contributed by atoms with Gasteiger partial charge in [-0.1, -0.05) is 65.6 Å². The summed E-state index contributed by atoms with van der Waals surface area (Å²) in [6.45, 7) is 13.1. The largest absolute Gasteiger partial charge is 0.479 e. The van der Waals surface area contributed by atoms with Gasteiger partial charge in [-0.2, -0.15) is 0 Å². The second kappa shape index (κ2) is 8.24. The number of ether oxygens (including phenoxy) is 1. The van der Waals surface area contributed by atoms with Crippen molar-refractivity contribution < 1.29 is 14.6 Å². The number of hydrogen-bond acceptors (Lipinski definition) is 2. The molecule has 1 N–H and O–H groups in total. The Balaban J connectivity index is 2.96. The molecule has 1 aromatic carbocycles. The summed E-state index contributed by atoms with van der Waals surface area (Å²) in [5.74, 6) is -0.507. The molecule has 136 valence electrons. The third-order valence-corrected chi connectivity index (χ3v) is 4.35. The van der Waals surface area contributed by atoms with E-state index < -0.39 is 12.1 Å². The second-order valence-corrected chi connectivity index (χ2v) is 8.76. The molecule has 24 heavy (non-hydrogen) atoms. The highest BCUT2D eigenvalue weighted by atomic mass is 35.5. The van der Waals surface area contributed by atoms with Crippen LogP contribution in [0.3, 0.4) is 0 Å². The van der Waals surface area contributed by atoms with E-state index in [2.05, 4.69) is 34.6 Å². The average molecular weight is 355 g/mol. The zero-order valence-electron chi connectivity index (χ0n) is 15.8. The fourth-order valence-corrected chi connectivity index (χ4v) is 3.45. The van der Waals surface area contributed by atoms with Crippen LogP contribution >= 0.6 is 11.6 Å². The quantitative estimate of drug-likeness (QED) is 0.615. The summed E-state index contributed by atoms with van der Waals surface area (Å²) >= 11 is 6.37. The van der Waals surface area contributed by atoms with E-state index in [1.165, 1.54) is 0 Å². The Morgan fingerprint density at radius 2 is 1.88 bits per heavy atom. The number of rotatable bonds is 8. The van der Waals surface area contributed by atoms with E-state index in [0.717, 1.165) is 24.8 Å². The zero-order valence-corrected chi connectivity index (χ0v) is 16.5. The summed E-state index contributed by atoms with van der Waals surface area (Å²) in [5.41, 5.74) is 1.32. The Morgan fingerprint density at radius 1 is 1.25 bits per heavy atom. The molecule has 4 heteroatoms. The molecule has 0 aliphatic rings. The van der Waals surface area contributed by atoms with E-state index in [4.69, 9.17) is 16.3 Å². The van der Waals surface area contributed by atoms with Gasteiger partial charge in [0.2, 0.25) is 0 Å². The summed E-state index contributed by atoms with van der Waals surface area (Å²) in [6.07, 6.45) is 2.40. The number of carboxylic acids is 1. The van der Waals surface area contributed by atoms with Crippen LogP contribution in [0, 0.1) is 5.41 Å². The SMILES string of the molecule is CCCCC(Oc1ccc(C(C)(C)CC(C)(C)C)cc1Cl)C(=O)O. The third kappa shape index (κ3) is 6.35. The van der Waals surface area contributed by atoms with Crippen molar-refractivity contribution in [3.05, 3.63) is 28.8 Å². The Labute approximate surface area is 151 Å². The number of hydrogen-bond donors (Lipinski definition) is 1. The van der Waals surface area contributed by atoms with E-state index in [1.807, 2.05) is 19.1 Å². The van der Waals surface area contributed by atoms with Crippen molar-refractivity contribution in [2.45, 2.75) is 78.7 Å². The van der Waals surface area contributed by atoms with Gasteiger partial charge in [-0.15, -0.1) is 0 Å². The molecule has 0 amide bonds. The summed E-state index contributed by atoms with van der Waals surface area (Å²) in [7, 11) is 0. The van der Waals surface area contributed by atoms with Gasteiger partial charge in [-0.3, -0.25) is 0 Å². The van der Waals surface area contributed by atoms with Gasteiger partial charge < -0.3 is 9.84 Å². The highest BCUT2D eigenvalue weighted by Crippen LogP contribution is 2.39. The maximum absolute atomic E-state index is 11.3. The van der Waals surface area contributed by atoms with Gasteiger partial charge in [0.05, 0.1) is 5.02 Å². The van der Waals surface area contributed by atoms with Crippen molar-refractivity contribution in [1.29, 1.82) is 0 Å². The molecule has 0 spiro atoms. The van der Waals surface area contributed by atoms with E-state index in [0.29, 0.717) is 17.2 Å². The lowest BCUT2D eigenvalue weighted by Crippen LogP contribution is -2.27. The summed E-state index contributed by atoms with van der Waals surface area (Å²) in [5, 5.41) is 9.77. The molecule has 1 aromatic rings. The van der Waals surface area contributed by atoms with Crippen molar-refractivity contribution >= 4 is 17.6 Å². The first-order chi connectivity index (χ1) is 11.0. The molecular weight excluding hydrogens is 324 g/mol. The fourth-order valence-electron chi connectivity index (χ4n) is 3.22. The number of aliphatic carboxylic acids is 1. The maximum Gasteiger partial charge on any atom is 0.344 e. The van der Waals surface area contributed by atoms with Crippen LogP contribution in [0.4, 0.5) is 0 Å². The Morgan fingerprint density at radius 3 is 2.33 bits per heavy atom. The molecule has 0 aromatic heterocycles. The molecule has 1 rings (SSSR count). The standard InChI is InChI=1S/C20H31ClO3/c1-7-8-9-17(18(22)23)24-16-11-10-14(12-15(16)21)20(5,6)13-19(2,3)4/h10-12,17H,7-9,13H2,1-6H3,(H,22,23). The highest BCUT2D eigenvalue weighted by Gasteiger charge is 2.28. The van der Waals surface area contributed by atoms with Gasteiger partial charge in [-0.05, 0) is 47.8 Å². The number of unbranched alkanes of at least 4 members (excludes halogenated alkanes) is 1. The molecule has 3 nitrogen and oxygen atoms in total. The van der Waals surface area contributed by atoms with Gasteiger partial charge >= 0.3 is 5.97 Å². The lowest BCUT2D eigenvalue weighted by Gasteiger charge is -2.33. The van der Waals surface area contributed by atoms with E-state index in [9.17, 15) is 9.90 Å². The Kier molecular flexibility index (Phi) is 7.15. The molecule has 0 aliphatic carbocycles. The van der Waals surface area contributed by atoms with Crippen molar-refractivity contribution in [2.24, 2.45) is 5.41 Å². The van der Waals surface area contributed by atoms with Crippen LogP contribution in [0.15, 0.2) is 18.2 Å². The Hall–Kier alpha value is -1.22. The molecule has 0 fully saturated rings. The van der Waals surface area contributed by atoms with Crippen molar-refractivity contribution in [3.8, 4) is 5.75 Å². The van der Waals surface area contributed by atoms with Crippen molar-refractivity contribution in [3.63, 3.8) is 0 Å². The number of benzene rings is 1. The molecule has 0 bridgehead atoms. The predicted octanol–water partition coefficient (Wildman–Crippen LogP) is 6.08. The predicted molar refractivity (Wildman–Crippen MR) is 100 cm³/mol. The first-order valence-electron chi connectivity index (χ1n) is 8.66. The van der Waals surface area contributed by atoms with Crippen LogP contribution < -0.4 is 4.74 Å². The van der Waals surface area contributed by atoms with E-state index in [-0.39, 0.29) is 10.8 Å². The lowest BCUT2D eigenvalue weighted by molar-refractivity contribution is -0.145. The molecule has 0 saturated heterocycles. The van der Waals surface area contributed by atoms with Gasteiger partial charge in [-0.25, -0.2) is 4.79 Å². The van der Waals surface area contributed by atoms with Crippen molar-refractivity contribution in [2.75, 3.05) is 0 Å². The topological polar surface area (TPSA) is 46.5 Å². The average Bonchev–Trinajstić information content (AvgIpc) is 2.41. The molecule has 0 aliphatic heterocycles. The highest BCUT2D eigenvalue weighted by molar-refractivity contribution is 6.32. The first-order valence-corrected chi connectivity index (χ1v) is 9.03. The van der Waals surface area contributed by atoms with Crippen LogP contribution in [0.25, 0.3) is 0 Å². The third-order valence-electron chi connectivity index (χ3n) is 4.05. The molecular formula is C20H31ClO3. The minimum Gasteiger partial charge on any atom is -0.479 e. The van der Waals surface area contributed by atoms with Crippen LogP contribution in [0.5, 0.6) is 5.75 Å². The summed E-state index contributed by atoms with van der Waals surface area (Å²) in [6, 6.07) is 5.69. The number of carbonyl (C=O) groups is 1.